The molecule has 0 radical (unpaired) electrons. The van der Waals surface area contributed by atoms with Gasteiger partial charge in [-0.15, -0.1) is 0 Å². The predicted molar refractivity (Wildman–Crippen MR) is 74.7 cm³/mol. The highest BCUT2D eigenvalue weighted by Crippen LogP contribution is 2.57. The summed E-state index contributed by atoms with van der Waals surface area (Å²) < 4.78 is 10.7. The third-order valence-corrected chi connectivity index (χ3v) is 4.04. The zero-order valence-electron chi connectivity index (χ0n) is 12.1. The summed E-state index contributed by atoms with van der Waals surface area (Å²) in [6.07, 6.45) is 2.11. The van der Waals surface area contributed by atoms with Crippen molar-refractivity contribution in [2.24, 2.45) is 5.41 Å². The summed E-state index contributed by atoms with van der Waals surface area (Å²) in [4.78, 5) is 2.16. The van der Waals surface area contributed by atoms with Gasteiger partial charge in [0.25, 0.3) is 0 Å². The summed E-state index contributed by atoms with van der Waals surface area (Å²) in [5.74, 6) is 1.60. The zero-order valence-corrected chi connectivity index (χ0v) is 12.1. The molecule has 1 N–H and O–H groups in total. The Morgan fingerprint density at radius 1 is 1.26 bits per heavy atom. The normalized spacial score (nSPS) is 18.2. The largest absolute Gasteiger partial charge is 0.497 e. The molecule has 1 fully saturated rings. The quantitative estimate of drug-likeness (QED) is 0.855. The SMILES string of the molecule is COc1ccc(C(N(C)C)C2(CO)CC2)c(OC)c1. The fourth-order valence-corrected chi connectivity index (χ4v) is 2.88. The molecule has 2 rings (SSSR count). The van der Waals surface area contributed by atoms with Crippen molar-refractivity contribution < 1.29 is 14.6 Å². The Bertz CT molecular complexity index is 441. The first kappa shape index (κ1) is 14.2. The van der Waals surface area contributed by atoms with Crippen molar-refractivity contribution in [1.82, 2.24) is 4.90 Å². The van der Waals surface area contributed by atoms with Crippen molar-refractivity contribution in [3.05, 3.63) is 23.8 Å². The van der Waals surface area contributed by atoms with E-state index in [0.29, 0.717) is 0 Å². The van der Waals surface area contributed by atoms with Crippen molar-refractivity contribution in [3.63, 3.8) is 0 Å². The Morgan fingerprint density at radius 2 is 1.95 bits per heavy atom. The van der Waals surface area contributed by atoms with Crippen LogP contribution in [0.1, 0.15) is 24.4 Å². The van der Waals surface area contributed by atoms with Gasteiger partial charge in [0.05, 0.1) is 20.8 Å². The number of aliphatic hydroxyl groups is 1. The molecular formula is C15H23NO3. The molecule has 4 nitrogen and oxygen atoms in total. The summed E-state index contributed by atoms with van der Waals surface area (Å²) in [5.41, 5.74) is 1.09. The molecule has 0 saturated heterocycles. The van der Waals surface area contributed by atoms with E-state index < -0.39 is 0 Å². The molecule has 0 aromatic heterocycles. The van der Waals surface area contributed by atoms with Crippen molar-refractivity contribution in [2.75, 3.05) is 34.9 Å². The highest BCUT2D eigenvalue weighted by Gasteiger charge is 2.51. The molecule has 1 aliphatic carbocycles. The first-order chi connectivity index (χ1) is 9.07. The summed E-state index contributed by atoms with van der Waals surface area (Å²) in [5, 5.41) is 9.71. The van der Waals surface area contributed by atoms with Gasteiger partial charge in [-0.3, -0.25) is 0 Å². The molecule has 1 atom stereocenters. The summed E-state index contributed by atoms with van der Waals surface area (Å²) in [6, 6.07) is 6.05. The number of benzene rings is 1. The average Bonchev–Trinajstić information content (AvgIpc) is 3.20. The van der Waals surface area contributed by atoms with E-state index in [0.717, 1.165) is 29.9 Å². The Morgan fingerprint density at radius 3 is 2.37 bits per heavy atom. The van der Waals surface area contributed by atoms with Gasteiger partial charge in [0.15, 0.2) is 0 Å². The second kappa shape index (κ2) is 5.39. The van der Waals surface area contributed by atoms with Crippen LogP contribution in [0.3, 0.4) is 0 Å². The Balaban J connectivity index is 2.42. The van der Waals surface area contributed by atoms with Crippen LogP contribution >= 0.6 is 0 Å². The molecule has 0 spiro atoms. The van der Waals surface area contributed by atoms with E-state index in [2.05, 4.69) is 4.90 Å². The number of rotatable bonds is 6. The minimum absolute atomic E-state index is 0.0225. The average molecular weight is 265 g/mol. The number of hydrogen-bond donors (Lipinski definition) is 1. The summed E-state index contributed by atoms with van der Waals surface area (Å²) >= 11 is 0. The molecule has 0 heterocycles. The molecule has 0 bridgehead atoms. The van der Waals surface area contributed by atoms with E-state index >= 15 is 0 Å². The van der Waals surface area contributed by atoms with Gasteiger partial charge in [-0.1, -0.05) is 6.07 Å². The van der Waals surface area contributed by atoms with Crippen LogP contribution in [0.5, 0.6) is 11.5 Å². The minimum Gasteiger partial charge on any atom is -0.497 e. The molecule has 0 amide bonds. The second-order valence-corrected chi connectivity index (χ2v) is 5.49. The van der Waals surface area contributed by atoms with Gasteiger partial charge < -0.3 is 19.5 Å². The first-order valence-electron chi connectivity index (χ1n) is 6.57. The van der Waals surface area contributed by atoms with Gasteiger partial charge in [0, 0.05) is 23.1 Å². The van der Waals surface area contributed by atoms with Crippen LogP contribution in [0.2, 0.25) is 0 Å². The van der Waals surface area contributed by atoms with Gasteiger partial charge >= 0.3 is 0 Å². The number of ether oxygens (including phenoxy) is 2. The van der Waals surface area contributed by atoms with Gasteiger partial charge in [-0.2, -0.15) is 0 Å². The lowest BCUT2D eigenvalue weighted by molar-refractivity contribution is 0.113. The highest BCUT2D eigenvalue weighted by molar-refractivity contribution is 5.44. The number of nitrogens with zero attached hydrogens (tertiary/aromatic N) is 1. The smallest absolute Gasteiger partial charge is 0.127 e. The fraction of sp³-hybridized carbons (Fsp3) is 0.600. The standard InChI is InChI=1S/C15H23NO3/c1-16(2)14(15(10-17)7-8-15)12-6-5-11(18-3)9-13(12)19-4/h5-6,9,14,17H,7-8,10H2,1-4H3. The zero-order chi connectivity index (χ0) is 14.0. The molecule has 106 valence electrons. The number of aliphatic hydroxyl groups excluding tert-OH is 1. The minimum atomic E-state index is -0.0225. The molecule has 0 aliphatic heterocycles. The van der Waals surface area contributed by atoms with E-state index in [1.54, 1.807) is 14.2 Å². The van der Waals surface area contributed by atoms with Crippen LogP contribution in [0, 0.1) is 5.41 Å². The number of hydrogen-bond acceptors (Lipinski definition) is 4. The first-order valence-corrected chi connectivity index (χ1v) is 6.57. The van der Waals surface area contributed by atoms with E-state index in [4.69, 9.17) is 9.47 Å². The molecule has 1 aromatic rings. The maximum absolute atomic E-state index is 9.71. The second-order valence-electron chi connectivity index (χ2n) is 5.49. The Kier molecular flexibility index (Phi) is 4.02. The fourth-order valence-electron chi connectivity index (χ4n) is 2.88. The molecule has 1 unspecified atom stereocenters. The summed E-state index contributed by atoms with van der Waals surface area (Å²) in [7, 11) is 7.41. The third kappa shape index (κ3) is 2.55. The van der Waals surface area contributed by atoms with Crippen molar-refractivity contribution >= 4 is 0 Å². The molecule has 1 aromatic carbocycles. The van der Waals surface area contributed by atoms with E-state index in [9.17, 15) is 5.11 Å². The molecule has 1 saturated carbocycles. The molecule has 4 heteroatoms. The van der Waals surface area contributed by atoms with Crippen LogP contribution < -0.4 is 9.47 Å². The predicted octanol–water partition coefficient (Wildman–Crippen LogP) is 2.08. The van der Waals surface area contributed by atoms with Gasteiger partial charge in [-0.25, -0.2) is 0 Å². The molecule has 1 aliphatic rings. The monoisotopic (exact) mass is 265 g/mol. The maximum atomic E-state index is 9.71. The van der Waals surface area contributed by atoms with Gasteiger partial charge in [-0.05, 0) is 33.0 Å². The highest BCUT2D eigenvalue weighted by atomic mass is 16.5. The van der Waals surface area contributed by atoms with Gasteiger partial charge in [0.2, 0.25) is 0 Å². The van der Waals surface area contributed by atoms with E-state index in [1.165, 1.54) is 0 Å². The van der Waals surface area contributed by atoms with Crippen molar-refractivity contribution in [1.29, 1.82) is 0 Å². The van der Waals surface area contributed by atoms with Crippen LogP contribution in [0.4, 0.5) is 0 Å². The molecular weight excluding hydrogens is 242 g/mol. The Labute approximate surface area is 114 Å². The summed E-state index contributed by atoms with van der Waals surface area (Å²) in [6.45, 7) is 0.213. The van der Waals surface area contributed by atoms with Crippen LogP contribution in [-0.4, -0.2) is 44.9 Å². The van der Waals surface area contributed by atoms with E-state index in [-0.39, 0.29) is 18.1 Å². The molecule has 19 heavy (non-hydrogen) atoms. The van der Waals surface area contributed by atoms with Gasteiger partial charge in [0.1, 0.15) is 11.5 Å². The Hall–Kier alpha value is -1.26. The van der Waals surface area contributed by atoms with E-state index in [1.807, 2.05) is 32.3 Å². The van der Waals surface area contributed by atoms with Crippen LogP contribution in [0.15, 0.2) is 18.2 Å². The van der Waals surface area contributed by atoms with Crippen molar-refractivity contribution in [2.45, 2.75) is 18.9 Å². The maximum Gasteiger partial charge on any atom is 0.127 e. The third-order valence-electron chi connectivity index (χ3n) is 4.04. The topological polar surface area (TPSA) is 41.9 Å². The lowest BCUT2D eigenvalue weighted by Crippen LogP contribution is -2.31. The lowest BCUT2D eigenvalue weighted by Gasteiger charge is -2.33. The number of methoxy groups -OCH3 is 2. The lowest BCUT2D eigenvalue weighted by atomic mass is 9.89. The van der Waals surface area contributed by atoms with Crippen LogP contribution in [0.25, 0.3) is 0 Å². The van der Waals surface area contributed by atoms with Crippen LogP contribution in [-0.2, 0) is 0 Å². The van der Waals surface area contributed by atoms with Crippen molar-refractivity contribution in [3.8, 4) is 11.5 Å².